The van der Waals surface area contributed by atoms with Crippen LogP contribution in [0.2, 0.25) is 0 Å². The van der Waals surface area contributed by atoms with Crippen molar-refractivity contribution in [3.05, 3.63) is 29.1 Å². The number of hydrogen-bond acceptors (Lipinski definition) is 2. The van der Waals surface area contributed by atoms with Crippen LogP contribution in [-0.2, 0) is 11.8 Å². The van der Waals surface area contributed by atoms with Gasteiger partial charge in [-0.3, -0.25) is 0 Å². The minimum atomic E-state index is -0.136. The molecular weight excluding hydrogens is 217 g/mol. The molecule has 1 saturated carbocycles. The predicted molar refractivity (Wildman–Crippen MR) is 64.8 cm³/mol. The maximum absolute atomic E-state index is 14.2. The second kappa shape index (κ2) is 3.98. The molecule has 0 amide bonds. The molecule has 0 atom stereocenters. The fourth-order valence-electron chi connectivity index (χ4n) is 3.43. The quantitative estimate of drug-likeness (QED) is 0.855. The molecule has 2 N–H and O–H groups in total. The van der Waals surface area contributed by atoms with Gasteiger partial charge in [-0.15, -0.1) is 0 Å². The number of hydrogen-bond donors (Lipinski definition) is 1. The first kappa shape index (κ1) is 11.0. The highest BCUT2D eigenvalue weighted by Crippen LogP contribution is 2.45. The van der Waals surface area contributed by atoms with Gasteiger partial charge in [-0.05, 0) is 25.0 Å². The van der Waals surface area contributed by atoms with Gasteiger partial charge >= 0.3 is 0 Å². The fraction of sp³-hybridized carbons (Fsp3) is 0.571. The van der Waals surface area contributed by atoms with Crippen molar-refractivity contribution in [2.24, 2.45) is 5.73 Å². The van der Waals surface area contributed by atoms with Crippen LogP contribution in [-0.4, -0.2) is 13.2 Å². The van der Waals surface area contributed by atoms with Crippen LogP contribution >= 0.6 is 0 Å². The molecular formula is C14H18FNO. The average molecular weight is 235 g/mol. The lowest BCUT2D eigenvalue weighted by molar-refractivity contribution is 0.356. The SMILES string of the molecule is NCC1(c2c(F)ccc3c2CCO3)CCCC1. The molecule has 0 aromatic heterocycles. The molecule has 3 rings (SSSR count). The highest BCUT2D eigenvalue weighted by molar-refractivity contribution is 5.48. The van der Waals surface area contributed by atoms with E-state index in [1.54, 1.807) is 6.07 Å². The van der Waals surface area contributed by atoms with Gasteiger partial charge in [0.1, 0.15) is 11.6 Å². The Balaban J connectivity index is 2.16. The zero-order valence-electron chi connectivity index (χ0n) is 9.97. The largest absolute Gasteiger partial charge is 0.493 e. The highest BCUT2D eigenvalue weighted by Gasteiger charge is 2.39. The van der Waals surface area contributed by atoms with Gasteiger partial charge < -0.3 is 10.5 Å². The monoisotopic (exact) mass is 235 g/mol. The molecule has 1 aliphatic carbocycles. The molecule has 2 aliphatic rings. The van der Waals surface area contributed by atoms with Crippen LogP contribution in [0.25, 0.3) is 0 Å². The van der Waals surface area contributed by atoms with E-state index in [1.165, 1.54) is 6.07 Å². The van der Waals surface area contributed by atoms with Crippen molar-refractivity contribution in [2.75, 3.05) is 13.2 Å². The third kappa shape index (κ3) is 1.56. The molecule has 1 aromatic rings. The van der Waals surface area contributed by atoms with E-state index in [4.69, 9.17) is 10.5 Å². The van der Waals surface area contributed by atoms with E-state index < -0.39 is 0 Å². The molecule has 0 spiro atoms. The van der Waals surface area contributed by atoms with Crippen LogP contribution < -0.4 is 10.5 Å². The van der Waals surface area contributed by atoms with Crippen LogP contribution in [0, 0.1) is 5.82 Å². The Bertz CT molecular complexity index is 438. The third-order valence-electron chi connectivity index (χ3n) is 4.31. The Hall–Kier alpha value is -1.09. The second-order valence-electron chi connectivity index (χ2n) is 5.19. The van der Waals surface area contributed by atoms with Crippen LogP contribution in [0.3, 0.4) is 0 Å². The van der Waals surface area contributed by atoms with Gasteiger partial charge in [0.2, 0.25) is 0 Å². The molecule has 0 unspecified atom stereocenters. The molecule has 3 heteroatoms. The summed E-state index contributed by atoms with van der Waals surface area (Å²) in [7, 11) is 0. The Labute approximate surface area is 101 Å². The zero-order chi connectivity index (χ0) is 11.9. The number of fused-ring (bicyclic) bond motifs is 1. The van der Waals surface area contributed by atoms with E-state index in [-0.39, 0.29) is 11.2 Å². The highest BCUT2D eigenvalue weighted by atomic mass is 19.1. The van der Waals surface area contributed by atoms with Crippen molar-refractivity contribution in [3.8, 4) is 5.75 Å². The first-order chi connectivity index (χ1) is 8.27. The molecule has 1 aliphatic heterocycles. The summed E-state index contributed by atoms with van der Waals surface area (Å²) in [6.45, 7) is 1.22. The first-order valence-electron chi connectivity index (χ1n) is 6.41. The molecule has 1 aromatic carbocycles. The minimum absolute atomic E-state index is 0.0957. The summed E-state index contributed by atoms with van der Waals surface area (Å²) in [4.78, 5) is 0. The Morgan fingerprint density at radius 3 is 2.76 bits per heavy atom. The van der Waals surface area contributed by atoms with Crippen molar-refractivity contribution in [2.45, 2.75) is 37.5 Å². The second-order valence-corrected chi connectivity index (χ2v) is 5.19. The van der Waals surface area contributed by atoms with Crippen molar-refractivity contribution < 1.29 is 9.13 Å². The van der Waals surface area contributed by atoms with Gasteiger partial charge in [0, 0.05) is 29.5 Å². The molecule has 0 saturated heterocycles. The summed E-state index contributed by atoms with van der Waals surface area (Å²) in [6, 6.07) is 3.29. The lowest BCUT2D eigenvalue weighted by Crippen LogP contribution is -2.34. The van der Waals surface area contributed by atoms with Crippen molar-refractivity contribution in [1.29, 1.82) is 0 Å². The summed E-state index contributed by atoms with van der Waals surface area (Å²) in [5, 5.41) is 0. The molecule has 1 heterocycles. The average Bonchev–Trinajstić information content (AvgIpc) is 2.97. The van der Waals surface area contributed by atoms with Gasteiger partial charge in [0.15, 0.2) is 0 Å². The van der Waals surface area contributed by atoms with Crippen molar-refractivity contribution in [3.63, 3.8) is 0 Å². The lowest BCUT2D eigenvalue weighted by atomic mass is 9.76. The summed E-state index contributed by atoms with van der Waals surface area (Å²) in [5.74, 6) is 0.766. The standard InChI is InChI=1S/C14H18FNO/c15-11-3-4-12-10(5-8-17-12)13(11)14(9-16)6-1-2-7-14/h3-4H,1-2,5-9,16H2. The number of rotatable bonds is 2. The zero-order valence-corrected chi connectivity index (χ0v) is 9.97. The van der Waals surface area contributed by atoms with E-state index in [2.05, 4.69) is 0 Å². The summed E-state index contributed by atoms with van der Waals surface area (Å²) < 4.78 is 19.8. The normalized spacial score (nSPS) is 21.3. The van der Waals surface area contributed by atoms with Gasteiger partial charge in [0.25, 0.3) is 0 Å². The number of nitrogens with two attached hydrogens (primary N) is 1. The van der Waals surface area contributed by atoms with E-state index >= 15 is 0 Å². The van der Waals surface area contributed by atoms with Crippen LogP contribution in [0.15, 0.2) is 12.1 Å². The lowest BCUT2D eigenvalue weighted by Gasteiger charge is -2.30. The maximum Gasteiger partial charge on any atom is 0.127 e. The number of ether oxygens (including phenoxy) is 1. The fourth-order valence-corrected chi connectivity index (χ4v) is 3.43. The van der Waals surface area contributed by atoms with E-state index in [0.717, 1.165) is 49.0 Å². The molecule has 92 valence electrons. The van der Waals surface area contributed by atoms with Gasteiger partial charge in [-0.25, -0.2) is 4.39 Å². The van der Waals surface area contributed by atoms with Gasteiger partial charge in [-0.1, -0.05) is 12.8 Å². The van der Waals surface area contributed by atoms with Gasteiger partial charge in [-0.2, -0.15) is 0 Å². The third-order valence-corrected chi connectivity index (χ3v) is 4.31. The molecule has 0 radical (unpaired) electrons. The summed E-state index contributed by atoms with van der Waals surface area (Å²) >= 11 is 0. The van der Waals surface area contributed by atoms with Crippen molar-refractivity contribution >= 4 is 0 Å². The van der Waals surface area contributed by atoms with Crippen molar-refractivity contribution in [1.82, 2.24) is 0 Å². The number of halogens is 1. The molecule has 1 fully saturated rings. The predicted octanol–water partition coefficient (Wildman–Crippen LogP) is 2.53. The minimum Gasteiger partial charge on any atom is -0.493 e. The Morgan fingerprint density at radius 1 is 1.29 bits per heavy atom. The van der Waals surface area contributed by atoms with E-state index in [1.807, 2.05) is 0 Å². The molecule has 0 bridgehead atoms. The maximum atomic E-state index is 14.2. The topological polar surface area (TPSA) is 35.2 Å². The molecule has 2 nitrogen and oxygen atoms in total. The Morgan fingerprint density at radius 2 is 2.06 bits per heavy atom. The van der Waals surface area contributed by atoms with Crippen LogP contribution in [0.1, 0.15) is 36.8 Å². The smallest absolute Gasteiger partial charge is 0.127 e. The van der Waals surface area contributed by atoms with Gasteiger partial charge in [0.05, 0.1) is 6.61 Å². The van der Waals surface area contributed by atoms with E-state index in [0.29, 0.717) is 13.2 Å². The summed E-state index contributed by atoms with van der Waals surface area (Å²) in [6.07, 6.45) is 5.15. The van der Waals surface area contributed by atoms with Crippen LogP contribution in [0.4, 0.5) is 4.39 Å². The Kier molecular flexibility index (Phi) is 2.58. The van der Waals surface area contributed by atoms with Crippen LogP contribution in [0.5, 0.6) is 5.75 Å². The number of benzene rings is 1. The van der Waals surface area contributed by atoms with E-state index in [9.17, 15) is 4.39 Å². The summed E-state index contributed by atoms with van der Waals surface area (Å²) in [5.41, 5.74) is 7.74. The first-order valence-corrected chi connectivity index (χ1v) is 6.41. The molecule has 17 heavy (non-hydrogen) atoms.